The van der Waals surface area contributed by atoms with Crippen LogP contribution >= 0.6 is 0 Å². The second-order valence-corrected chi connectivity index (χ2v) is 12.8. The summed E-state index contributed by atoms with van der Waals surface area (Å²) in [6, 6.07) is 12.4. The molecule has 1 spiro atoms. The van der Waals surface area contributed by atoms with Crippen molar-refractivity contribution in [3.63, 3.8) is 0 Å². The average molecular weight is 628 g/mol. The van der Waals surface area contributed by atoms with E-state index in [0.717, 1.165) is 22.6 Å². The number of carbonyl (C=O) groups is 3. The number of likely N-dealkylation sites (tertiary alicyclic amines) is 1. The molecule has 4 aliphatic heterocycles. The number of carbonyl (C=O) groups excluding carboxylic acids is 3. The van der Waals surface area contributed by atoms with Gasteiger partial charge in [0.05, 0.1) is 24.0 Å². The van der Waals surface area contributed by atoms with Crippen molar-refractivity contribution in [2.24, 2.45) is 11.8 Å². The van der Waals surface area contributed by atoms with Gasteiger partial charge in [0.15, 0.2) is 0 Å². The number of unbranched alkanes of at least 4 members (excludes halogenated alkanes) is 2. The van der Waals surface area contributed by atoms with Crippen molar-refractivity contribution in [2.75, 3.05) is 42.6 Å². The maximum absolute atomic E-state index is 14.9. The Morgan fingerprint density at radius 1 is 0.848 bits per heavy atom. The molecule has 0 aliphatic carbocycles. The van der Waals surface area contributed by atoms with Crippen molar-refractivity contribution in [3.05, 3.63) is 77.9 Å². The van der Waals surface area contributed by atoms with Crippen LogP contribution in [0.2, 0.25) is 0 Å². The SMILES string of the molecule is CCOc1ccc(N2CC=C[C@]3(CC)O[C@]45C=CCN(c6c(C)cccc6C)C(=O)C4N(CCCCCO)C(=O)[C@@H]5[C@@H]3C2=O)cc1. The Hall–Kier alpha value is -3.95. The molecule has 244 valence electrons. The molecule has 46 heavy (non-hydrogen) atoms. The van der Waals surface area contributed by atoms with E-state index < -0.39 is 29.1 Å². The third-order valence-corrected chi connectivity index (χ3v) is 10.2. The zero-order valence-corrected chi connectivity index (χ0v) is 27.3. The van der Waals surface area contributed by atoms with Gasteiger partial charge in [0.2, 0.25) is 11.8 Å². The molecular formula is C37H45N3O6. The third-order valence-electron chi connectivity index (χ3n) is 10.2. The van der Waals surface area contributed by atoms with E-state index in [4.69, 9.17) is 9.47 Å². The first-order chi connectivity index (χ1) is 22.2. The number of ether oxygens (including phenoxy) is 2. The topological polar surface area (TPSA) is 99.6 Å². The lowest BCUT2D eigenvalue weighted by atomic mass is 9.73. The average Bonchev–Trinajstić information content (AvgIpc) is 3.33. The van der Waals surface area contributed by atoms with Gasteiger partial charge in [-0.2, -0.15) is 0 Å². The molecule has 9 nitrogen and oxygen atoms in total. The quantitative estimate of drug-likeness (QED) is 0.302. The predicted molar refractivity (Wildman–Crippen MR) is 177 cm³/mol. The maximum atomic E-state index is 14.9. The molecule has 0 saturated carbocycles. The van der Waals surface area contributed by atoms with Crippen LogP contribution in [0, 0.1) is 25.7 Å². The van der Waals surface area contributed by atoms with Crippen LogP contribution in [0.3, 0.4) is 0 Å². The van der Waals surface area contributed by atoms with E-state index in [0.29, 0.717) is 57.6 Å². The molecule has 0 radical (unpaired) electrons. The summed E-state index contributed by atoms with van der Waals surface area (Å²) in [7, 11) is 0. The summed E-state index contributed by atoms with van der Waals surface area (Å²) in [6.07, 6.45) is 10.2. The van der Waals surface area contributed by atoms with Crippen LogP contribution in [0.5, 0.6) is 5.75 Å². The molecule has 1 N–H and O–H groups in total. The zero-order valence-electron chi connectivity index (χ0n) is 27.3. The number of hydrogen-bond acceptors (Lipinski definition) is 6. The highest BCUT2D eigenvalue weighted by Crippen LogP contribution is 2.59. The molecule has 5 atom stereocenters. The molecule has 4 aliphatic rings. The maximum Gasteiger partial charge on any atom is 0.253 e. The van der Waals surface area contributed by atoms with Crippen molar-refractivity contribution in [3.8, 4) is 5.75 Å². The Balaban J connectivity index is 1.45. The van der Waals surface area contributed by atoms with Gasteiger partial charge in [-0.05, 0) is 81.8 Å². The number of anilines is 2. The van der Waals surface area contributed by atoms with Crippen LogP contribution < -0.4 is 14.5 Å². The first kappa shape index (κ1) is 32.0. The van der Waals surface area contributed by atoms with E-state index in [-0.39, 0.29) is 24.3 Å². The fourth-order valence-electron chi connectivity index (χ4n) is 8.12. The molecule has 3 amide bonds. The van der Waals surface area contributed by atoms with Crippen molar-refractivity contribution in [1.29, 1.82) is 0 Å². The minimum absolute atomic E-state index is 0.0678. The highest BCUT2D eigenvalue weighted by molar-refractivity contribution is 6.08. The Bertz CT molecular complexity index is 1530. The minimum Gasteiger partial charge on any atom is -0.494 e. The van der Waals surface area contributed by atoms with Crippen molar-refractivity contribution in [2.45, 2.75) is 70.6 Å². The van der Waals surface area contributed by atoms with E-state index in [2.05, 4.69) is 0 Å². The van der Waals surface area contributed by atoms with Gasteiger partial charge in [-0.15, -0.1) is 0 Å². The molecule has 4 heterocycles. The molecule has 0 bridgehead atoms. The minimum atomic E-state index is -1.32. The second-order valence-electron chi connectivity index (χ2n) is 12.8. The first-order valence-corrected chi connectivity index (χ1v) is 16.6. The molecular weight excluding hydrogens is 582 g/mol. The number of fused-ring (bicyclic) bond motifs is 2. The van der Waals surface area contributed by atoms with Gasteiger partial charge < -0.3 is 29.3 Å². The third kappa shape index (κ3) is 5.04. The summed E-state index contributed by atoms with van der Waals surface area (Å²) in [5.74, 6) is -1.62. The van der Waals surface area contributed by atoms with Gasteiger partial charge in [0, 0.05) is 37.6 Å². The molecule has 2 aromatic carbocycles. The summed E-state index contributed by atoms with van der Waals surface area (Å²) in [4.78, 5) is 49.6. The number of aliphatic hydroxyl groups is 1. The molecule has 1 unspecified atom stereocenters. The molecule has 2 aromatic rings. The van der Waals surface area contributed by atoms with Crippen LogP contribution in [0.25, 0.3) is 0 Å². The van der Waals surface area contributed by atoms with Crippen LogP contribution in [0.1, 0.15) is 50.7 Å². The Morgan fingerprint density at radius 2 is 1.54 bits per heavy atom. The number of aliphatic hydroxyl groups excluding tert-OH is 1. The highest BCUT2D eigenvalue weighted by Gasteiger charge is 2.75. The molecule has 2 saturated heterocycles. The number of amides is 3. The molecule has 9 heteroatoms. The molecule has 6 rings (SSSR count). The largest absolute Gasteiger partial charge is 0.494 e. The number of hydrogen-bond donors (Lipinski definition) is 1. The van der Waals surface area contributed by atoms with Gasteiger partial charge in [0.1, 0.15) is 17.4 Å². The summed E-state index contributed by atoms with van der Waals surface area (Å²) >= 11 is 0. The van der Waals surface area contributed by atoms with Crippen LogP contribution in [-0.4, -0.2) is 77.8 Å². The van der Waals surface area contributed by atoms with E-state index in [1.165, 1.54) is 0 Å². The number of rotatable bonds is 10. The summed E-state index contributed by atoms with van der Waals surface area (Å²) in [6.45, 7) is 9.50. The van der Waals surface area contributed by atoms with Crippen LogP contribution in [0.4, 0.5) is 11.4 Å². The first-order valence-electron chi connectivity index (χ1n) is 16.6. The monoisotopic (exact) mass is 627 g/mol. The summed E-state index contributed by atoms with van der Waals surface area (Å²) in [5, 5.41) is 9.40. The lowest BCUT2D eigenvalue weighted by Crippen LogP contribution is -2.56. The smallest absolute Gasteiger partial charge is 0.253 e. The van der Waals surface area contributed by atoms with E-state index >= 15 is 0 Å². The summed E-state index contributed by atoms with van der Waals surface area (Å²) < 4.78 is 12.8. The fraction of sp³-hybridized carbons (Fsp3) is 0.486. The zero-order chi connectivity index (χ0) is 32.6. The van der Waals surface area contributed by atoms with E-state index in [9.17, 15) is 19.5 Å². The number of para-hydroxylation sites is 1. The number of benzene rings is 2. The van der Waals surface area contributed by atoms with E-state index in [1.807, 2.05) is 94.5 Å². The molecule has 0 aromatic heterocycles. The van der Waals surface area contributed by atoms with Gasteiger partial charge in [-0.25, -0.2) is 0 Å². The van der Waals surface area contributed by atoms with E-state index in [1.54, 1.807) is 14.7 Å². The Labute approximate surface area is 271 Å². The lowest BCUT2D eigenvalue weighted by molar-refractivity contribution is -0.145. The summed E-state index contributed by atoms with van der Waals surface area (Å²) in [5.41, 5.74) is 1.11. The Kier molecular flexibility index (Phi) is 8.83. The number of aryl methyl sites for hydroxylation is 2. The van der Waals surface area contributed by atoms with Crippen LogP contribution in [0.15, 0.2) is 66.8 Å². The fourth-order valence-corrected chi connectivity index (χ4v) is 8.12. The highest BCUT2D eigenvalue weighted by atomic mass is 16.5. The van der Waals surface area contributed by atoms with Gasteiger partial charge in [-0.1, -0.05) is 49.4 Å². The van der Waals surface area contributed by atoms with Gasteiger partial charge in [0.25, 0.3) is 5.91 Å². The van der Waals surface area contributed by atoms with Gasteiger partial charge >= 0.3 is 0 Å². The standard InChI is InChI=1S/C37H45N3O6/c1-5-36-19-11-22-38(27-15-17-28(18-16-27)45-6-2)33(42)29(36)30-34(43)40(21-8-7-9-24-41)32-35(44)39(23-12-20-37(30,32)46-36)31-25(3)13-10-14-26(31)4/h10-20,29-30,32,41H,5-9,21-24H2,1-4H3/t29-,30+,32?,36+,37+/m1/s1. The van der Waals surface area contributed by atoms with Gasteiger partial charge in [-0.3, -0.25) is 14.4 Å². The molecule has 2 fully saturated rings. The van der Waals surface area contributed by atoms with Crippen LogP contribution in [-0.2, 0) is 19.1 Å². The number of nitrogens with zero attached hydrogens (tertiary/aromatic N) is 3. The normalized spacial score (nSPS) is 28.7. The Morgan fingerprint density at radius 3 is 2.22 bits per heavy atom. The lowest BCUT2D eigenvalue weighted by Gasteiger charge is -2.39. The van der Waals surface area contributed by atoms with Crippen molar-refractivity contribution in [1.82, 2.24) is 4.90 Å². The van der Waals surface area contributed by atoms with Crippen molar-refractivity contribution < 1.29 is 29.0 Å². The second kappa shape index (κ2) is 12.7. The predicted octanol–water partition coefficient (Wildman–Crippen LogP) is 4.73. The van der Waals surface area contributed by atoms with Crippen molar-refractivity contribution >= 4 is 29.1 Å².